The summed E-state index contributed by atoms with van der Waals surface area (Å²) in [7, 11) is 1.59. The molecule has 104 valence electrons. The summed E-state index contributed by atoms with van der Waals surface area (Å²) in [5.74, 6) is -0.838. The minimum absolute atomic E-state index is 0.00454. The fourth-order valence-electron chi connectivity index (χ4n) is 1.85. The molecule has 20 heavy (non-hydrogen) atoms. The van der Waals surface area contributed by atoms with Crippen LogP contribution < -0.4 is 5.73 Å². The van der Waals surface area contributed by atoms with Crippen LogP contribution in [0, 0.1) is 5.82 Å². The standard InChI is InChI=1S/C15H15FN2O2/c1-18(9-11-4-2-3-5-14(11)19)15(20)10-6-7-13(17)12(16)8-10/h2-8,19H,9,17H2,1H3. The van der Waals surface area contributed by atoms with E-state index in [1.165, 1.54) is 17.0 Å². The minimum atomic E-state index is -0.619. The first kappa shape index (κ1) is 13.9. The van der Waals surface area contributed by atoms with E-state index in [1.54, 1.807) is 31.3 Å². The Bertz CT molecular complexity index is 644. The normalized spacial score (nSPS) is 10.3. The molecule has 0 aliphatic rings. The number of hydrogen-bond donors (Lipinski definition) is 2. The smallest absolute Gasteiger partial charge is 0.254 e. The maximum Gasteiger partial charge on any atom is 0.254 e. The molecule has 2 rings (SSSR count). The van der Waals surface area contributed by atoms with Crippen LogP contribution in [-0.4, -0.2) is 23.0 Å². The van der Waals surface area contributed by atoms with Crippen molar-refractivity contribution in [2.24, 2.45) is 0 Å². The molecule has 1 amide bonds. The van der Waals surface area contributed by atoms with Crippen molar-refractivity contribution in [3.05, 3.63) is 59.4 Å². The van der Waals surface area contributed by atoms with Gasteiger partial charge in [0.1, 0.15) is 11.6 Å². The highest BCUT2D eigenvalue weighted by atomic mass is 19.1. The zero-order valence-corrected chi connectivity index (χ0v) is 11.0. The van der Waals surface area contributed by atoms with Crippen molar-refractivity contribution in [2.45, 2.75) is 6.54 Å². The molecule has 0 aliphatic heterocycles. The molecule has 0 unspecified atom stereocenters. The molecular weight excluding hydrogens is 259 g/mol. The van der Waals surface area contributed by atoms with Gasteiger partial charge in [0.2, 0.25) is 0 Å². The summed E-state index contributed by atoms with van der Waals surface area (Å²) < 4.78 is 13.4. The molecule has 3 N–H and O–H groups in total. The van der Waals surface area contributed by atoms with Gasteiger partial charge in [-0.2, -0.15) is 0 Å². The third kappa shape index (κ3) is 2.88. The fraction of sp³-hybridized carbons (Fsp3) is 0.133. The van der Waals surface area contributed by atoms with Gasteiger partial charge in [-0.1, -0.05) is 18.2 Å². The molecule has 0 aromatic heterocycles. The maximum absolute atomic E-state index is 13.4. The van der Waals surface area contributed by atoms with Crippen molar-refractivity contribution >= 4 is 11.6 Å². The number of carbonyl (C=O) groups excluding carboxylic acids is 1. The van der Waals surface area contributed by atoms with Crippen LogP contribution in [0.15, 0.2) is 42.5 Å². The molecule has 0 bridgehead atoms. The predicted molar refractivity (Wildman–Crippen MR) is 74.7 cm³/mol. The largest absolute Gasteiger partial charge is 0.508 e. The van der Waals surface area contributed by atoms with Crippen LogP contribution in [-0.2, 0) is 6.54 Å². The van der Waals surface area contributed by atoms with Crippen LogP contribution in [0.3, 0.4) is 0 Å². The number of rotatable bonds is 3. The molecule has 0 heterocycles. The number of para-hydroxylation sites is 1. The molecule has 0 radical (unpaired) electrons. The molecule has 0 aliphatic carbocycles. The molecule has 0 atom stereocenters. The van der Waals surface area contributed by atoms with Crippen LogP contribution in [0.25, 0.3) is 0 Å². The number of carbonyl (C=O) groups is 1. The second kappa shape index (κ2) is 5.61. The van der Waals surface area contributed by atoms with Gasteiger partial charge in [-0.05, 0) is 24.3 Å². The molecule has 0 saturated carbocycles. The molecule has 0 saturated heterocycles. The first-order valence-corrected chi connectivity index (χ1v) is 6.06. The van der Waals surface area contributed by atoms with E-state index in [0.29, 0.717) is 5.56 Å². The number of nitrogen functional groups attached to an aromatic ring is 1. The van der Waals surface area contributed by atoms with Gasteiger partial charge >= 0.3 is 0 Å². The molecule has 0 fully saturated rings. The van der Waals surface area contributed by atoms with E-state index in [1.807, 2.05) is 0 Å². The van der Waals surface area contributed by atoms with Gasteiger partial charge < -0.3 is 15.7 Å². The lowest BCUT2D eigenvalue weighted by molar-refractivity contribution is 0.0784. The van der Waals surface area contributed by atoms with Crippen LogP contribution in [0.1, 0.15) is 15.9 Å². The van der Waals surface area contributed by atoms with Crippen molar-refractivity contribution in [3.8, 4) is 5.75 Å². The first-order valence-electron chi connectivity index (χ1n) is 6.06. The lowest BCUT2D eigenvalue weighted by Gasteiger charge is -2.18. The average molecular weight is 274 g/mol. The van der Waals surface area contributed by atoms with Crippen molar-refractivity contribution in [2.75, 3.05) is 12.8 Å². The van der Waals surface area contributed by atoms with E-state index >= 15 is 0 Å². The van der Waals surface area contributed by atoms with E-state index in [9.17, 15) is 14.3 Å². The summed E-state index contributed by atoms with van der Waals surface area (Å²) in [6.45, 7) is 0.234. The van der Waals surface area contributed by atoms with Gasteiger partial charge in [-0.15, -0.1) is 0 Å². The van der Waals surface area contributed by atoms with E-state index in [-0.39, 0.29) is 29.5 Å². The summed E-state index contributed by atoms with van der Waals surface area (Å²) in [6, 6.07) is 10.7. The molecule has 2 aromatic rings. The Morgan fingerprint density at radius 2 is 2.00 bits per heavy atom. The third-order valence-electron chi connectivity index (χ3n) is 2.99. The Balaban J connectivity index is 2.16. The summed E-state index contributed by atoms with van der Waals surface area (Å²) in [6.07, 6.45) is 0. The van der Waals surface area contributed by atoms with Crippen LogP contribution in [0.5, 0.6) is 5.75 Å². The minimum Gasteiger partial charge on any atom is -0.508 e. The fourth-order valence-corrected chi connectivity index (χ4v) is 1.85. The highest BCUT2D eigenvalue weighted by Gasteiger charge is 2.14. The Morgan fingerprint density at radius 1 is 1.30 bits per heavy atom. The van der Waals surface area contributed by atoms with Crippen molar-refractivity contribution in [1.29, 1.82) is 0 Å². The second-order valence-electron chi connectivity index (χ2n) is 4.53. The molecule has 2 aromatic carbocycles. The van der Waals surface area contributed by atoms with Gasteiger partial charge in [-0.3, -0.25) is 4.79 Å². The zero-order chi connectivity index (χ0) is 14.7. The predicted octanol–water partition coefficient (Wildman–Crippen LogP) is 2.39. The average Bonchev–Trinajstić information content (AvgIpc) is 2.43. The van der Waals surface area contributed by atoms with Crippen molar-refractivity contribution in [3.63, 3.8) is 0 Å². The Morgan fingerprint density at radius 3 is 2.65 bits per heavy atom. The summed E-state index contributed by atoms with van der Waals surface area (Å²) in [5.41, 5.74) is 6.22. The van der Waals surface area contributed by atoms with Gasteiger partial charge in [-0.25, -0.2) is 4.39 Å². The summed E-state index contributed by atoms with van der Waals surface area (Å²) in [5, 5.41) is 9.68. The van der Waals surface area contributed by atoms with Crippen LogP contribution >= 0.6 is 0 Å². The van der Waals surface area contributed by atoms with Crippen molar-refractivity contribution in [1.82, 2.24) is 4.90 Å². The third-order valence-corrected chi connectivity index (χ3v) is 2.99. The molecule has 4 nitrogen and oxygen atoms in total. The van der Waals surface area contributed by atoms with E-state index < -0.39 is 5.82 Å². The Hall–Kier alpha value is -2.56. The molecule has 5 heteroatoms. The van der Waals surface area contributed by atoms with Gasteiger partial charge in [0.25, 0.3) is 5.91 Å². The van der Waals surface area contributed by atoms with Crippen LogP contribution in [0.4, 0.5) is 10.1 Å². The van der Waals surface area contributed by atoms with E-state index in [4.69, 9.17) is 5.73 Å². The monoisotopic (exact) mass is 274 g/mol. The number of amides is 1. The number of nitrogens with two attached hydrogens (primary N) is 1. The number of anilines is 1. The topological polar surface area (TPSA) is 66.6 Å². The Labute approximate surface area is 116 Å². The number of nitrogens with zero attached hydrogens (tertiary/aromatic N) is 1. The number of aromatic hydroxyl groups is 1. The lowest BCUT2D eigenvalue weighted by Crippen LogP contribution is -2.26. The first-order chi connectivity index (χ1) is 9.49. The lowest BCUT2D eigenvalue weighted by atomic mass is 10.1. The van der Waals surface area contributed by atoms with Gasteiger partial charge in [0, 0.05) is 24.7 Å². The molecular formula is C15H15FN2O2. The number of hydrogen-bond acceptors (Lipinski definition) is 3. The van der Waals surface area contributed by atoms with Crippen LogP contribution in [0.2, 0.25) is 0 Å². The number of phenols is 1. The summed E-state index contributed by atoms with van der Waals surface area (Å²) in [4.78, 5) is 13.6. The summed E-state index contributed by atoms with van der Waals surface area (Å²) >= 11 is 0. The van der Waals surface area contributed by atoms with E-state index in [0.717, 1.165) is 6.07 Å². The van der Waals surface area contributed by atoms with Crippen molar-refractivity contribution < 1.29 is 14.3 Å². The SMILES string of the molecule is CN(Cc1ccccc1O)C(=O)c1ccc(N)c(F)c1. The second-order valence-corrected chi connectivity index (χ2v) is 4.53. The Kier molecular flexibility index (Phi) is 3.89. The number of phenolic OH excluding ortho intramolecular Hbond substituents is 1. The molecule has 0 spiro atoms. The van der Waals surface area contributed by atoms with Gasteiger partial charge in [0.05, 0.1) is 5.69 Å². The highest BCUT2D eigenvalue weighted by molar-refractivity contribution is 5.94. The maximum atomic E-state index is 13.4. The zero-order valence-electron chi connectivity index (χ0n) is 11.0. The highest BCUT2D eigenvalue weighted by Crippen LogP contribution is 2.19. The van der Waals surface area contributed by atoms with E-state index in [2.05, 4.69) is 0 Å². The van der Waals surface area contributed by atoms with Gasteiger partial charge in [0.15, 0.2) is 0 Å². The number of halogens is 1. The quantitative estimate of drug-likeness (QED) is 0.844. The number of benzene rings is 2.